The molecule has 0 saturated heterocycles. The number of fused-ring (bicyclic) bond motifs is 1. The fourth-order valence-electron chi connectivity index (χ4n) is 2.10. The zero-order valence-corrected chi connectivity index (χ0v) is 11.1. The first-order valence-electron chi connectivity index (χ1n) is 5.73. The van der Waals surface area contributed by atoms with Crippen LogP contribution in [-0.4, -0.2) is 9.97 Å². The number of hydrogen-bond donors (Lipinski definition) is 1. The first-order chi connectivity index (χ1) is 8.66. The monoisotopic (exact) mass is 255 g/mol. The standard InChI is InChI=1S/C14H13N3S/c1-8-4-3-5-11-12(8)13(15)17-14(16-11)10-7-18-6-9(10)2/h3-7H,1-2H3,(H2,15,16,17). The predicted octanol–water partition coefficient (Wildman–Crippen LogP) is 3.56. The van der Waals surface area contributed by atoms with Gasteiger partial charge in [0.05, 0.1) is 5.52 Å². The van der Waals surface area contributed by atoms with Crippen molar-refractivity contribution < 1.29 is 0 Å². The van der Waals surface area contributed by atoms with Crippen LogP contribution in [0.3, 0.4) is 0 Å². The molecule has 18 heavy (non-hydrogen) atoms. The zero-order valence-electron chi connectivity index (χ0n) is 10.3. The molecule has 2 aromatic heterocycles. The second kappa shape index (κ2) is 4.07. The number of aromatic nitrogens is 2. The van der Waals surface area contributed by atoms with Gasteiger partial charge in [0.15, 0.2) is 5.82 Å². The van der Waals surface area contributed by atoms with Crippen LogP contribution in [0.2, 0.25) is 0 Å². The molecule has 3 rings (SSSR count). The Morgan fingerprint density at radius 3 is 2.61 bits per heavy atom. The first-order valence-corrected chi connectivity index (χ1v) is 6.67. The Labute approximate surface area is 109 Å². The van der Waals surface area contributed by atoms with E-state index in [4.69, 9.17) is 5.73 Å². The Morgan fingerprint density at radius 2 is 1.89 bits per heavy atom. The van der Waals surface area contributed by atoms with Crippen molar-refractivity contribution in [1.29, 1.82) is 0 Å². The molecule has 2 N–H and O–H groups in total. The lowest BCUT2D eigenvalue weighted by atomic mass is 10.1. The van der Waals surface area contributed by atoms with Gasteiger partial charge in [0, 0.05) is 16.3 Å². The van der Waals surface area contributed by atoms with Crippen molar-refractivity contribution in [3.05, 3.63) is 40.1 Å². The van der Waals surface area contributed by atoms with Gasteiger partial charge in [0.2, 0.25) is 0 Å². The van der Waals surface area contributed by atoms with Gasteiger partial charge < -0.3 is 5.73 Å². The van der Waals surface area contributed by atoms with Gasteiger partial charge in [-0.3, -0.25) is 0 Å². The van der Waals surface area contributed by atoms with Gasteiger partial charge in [-0.1, -0.05) is 12.1 Å². The smallest absolute Gasteiger partial charge is 0.163 e. The minimum Gasteiger partial charge on any atom is -0.383 e. The Morgan fingerprint density at radius 1 is 1.06 bits per heavy atom. The summed E-state index contributed by atoms with van der Waals surface area (Å²) in [5, 5.41) is 5.11. The Kier molecular flexibility index (Phi) is 2.52. The van der Waals surface area contributed by atoms with E-state index in [0.29, 0.717) is 11.6 Å². The van der Waals surface area contributed by atoms with Crippen molar-refractivity contribution >= 4 is 28.1 Å². The summed E-state index contributed by atoms with van der Waals surface area (Å²) in [6.45, 7) is 4.09. The van der Waals surface area contributed by atoms with Crippen molar-refractivity contribution in [3.8, 4) is 11.4 Å². The minimum atomic E-state index is 0.554. The van der Waals surface area contributed by atoms with Crippen LogP contribution >= 0.6 is 11.3 Å². The molecular formula is C14H13N3S. The SMILES string of the molecule is Cc1cscc1-c1nc(N)c2c(C)cccc2n1. The molecule has 0 aliphatic rings. The molecule has 0 aliphatic carbocycles. The summed E-state index contributed by atoms with van der Waals surface area (Å²) in [6, 6.07) is 6.00. The molecule has 4 heteroatoms. The molecule has 0 radical (unpaired) electrons. The second-order valence-electron chi connectivity index (χ2n) is 4.37. The van der Waals surface area contributed by atoms with Gasteiger partial charge in [-0.25, -0.2) is 9.97 Å². The Bertz CT molecular complexity index is 731. The van der Waals surface area contributed by atoms with Crippen molar-refractivity contribution in [2.75, 3.05) is 5.73 Å². The molecule has 0 unspecified atom stereocenters. The average Bonchev–Trinajstić information content (AvgIpc) is 2.75. The third kappa shape index (κ3) is 1.66. The molecule has 90 valence electrons. The summed E-state index contributed by atoms with van der Waals surface area (Å²) in [4.78, 5) is 9.05. The number of aryl methyl sites for hydroxylation is 2. The summed E-state index contributed by atoms with van der Waals surface area (Å²) < 4.78 is 0. The maximum Gasteiger partial charge on any atom is 0.163 e. The lowest BCUT2D eigenvalue weighted by Gasteiger charge is -2.07. The highest BCUT2D eigenvalue weighted by Gasteiger charge is 2.11. The zero-order chi connectivity index (χ0) is 12.7. The van der Waals surface area contributed by atoms with Gasteiger partial charge in [-0.15, -0.1) is 0 Å². The molecule has 3 aromatic rings. The lowest BCUT2D eigenvalue weighted by Crippen LogP contribution is -1.99. The normalized spacial score (nSPS) is 11.0. The fraction of sp³-hybridized carbons (Fsp3) is 0.143. The number of nitrogens with two attached hydrogens (primary N) is 1. The van der Waals surface area contributed by atoms with Crippen molar-refractivity contribution in [1.82, 2.24) is 9.97 Å². The van der Waals surface area contributed by atoms with Crippen LogP contribution in [0.15, 0.2) is 29.0 Å². The first kappa shape index (κ1) is 11.2. The molecule has 0 fully saturated rings. The van der Waals surface area contributed by atoms with E-state index in [1.54, 1.807) is 11.3 Å². The van der Waals surface area contributed by atoms with Gasteiger partial charge in [-0.2, -0.15) is 11.3 Å². The Balaban J connectivity index is 2.32. The highest BCUT2D eigenvalue weighted by molar-refractivity contribution is 7.08. The molecule has 2 heterocycles. The van der Waals surface area contributed by atoms with Gasteiger partial charge in [0.25, 0.3) is 0 Å². The highest BCUT2D eigenvalue weighted by Crippen LogP contribution is 2.28. The molecular weight excluding hydrogens is 242 g/mol. The van der Waals surface area contributed by atoms with Crippen molar-refractivity contribution in [2.24, 2.45) is 0 Å². The number of nitrogen functional groups attached to an aromatic ring is 1. The summed E-state index contributed by atoms with van der Waals surface area (Å²) in [5.74, 6) is 1.27. The third-order valence-electron chi connectivity index (χ3n) is 3.06. The second-order valence-corrected chi connectivity index (χ2v) is 5.11. The van der Waals surface area contributed by atoms with Crippen molar-refractivity contribution in [3.63, 3.8) is 0 Å². The number of benzene rings is 1. The van der Waals surface area contributed by atoms with E-state index in [2.05, 4.69) is 27.7 Å². The molecule has 0 aliphatic heterocycles. The van der Waals surface area contributed by atoms with Crippen LogP contribution < -0.4 is 5.73 Å². The maximum absolute atomic E-state index is 6.07. The van der Waals surface area contributed by atoms with Crippen molar-refractivity contribution in [2.45, 2.75) is 13.8 Å². The summed E-state index contributed by atoms with van der Waals surface area (Å²) >= 11 is 1.65. The quantitative estimate of drug-likeness (QED) is 0.723. The molecule has 3 nitrogen and oxygen atoms in total. The van der Waals surface area contributed by atoms with Crippen LogP contribution in [0.1, 0.15) is 11.1 Å². The number of thiophene rings is 1. The summed E-state index contributed by atoms with van der Waals surface area (Å²) in [5.41, 5.74) is 10.3. The van der Waals surface area contributed by atoms with E-state index >= 15 is 0 Å². The number of rotatable bonds is 1. The average molecular weight is 255 g/mol. The van der Waals surface area contributed by atoms with Gasteiger partial charge >= 0.3 is 0 Å². The van der Waals surface area contributed by atoms with E-state index < -0.39 is 0 Å². The topological polar surface area (TPSA) is 51.8 Å². The van der Waals surface area contributed by atoms with Crippen LogP contribution in [-0.2, 0) is 0 Å². The van der Waals surface area contributed by atoms with E-state index in [1.165, 1.54) is 5.56 Å². The molecule has 0 amide bonds. The molecule has 0 bridgehead atoms. The largest absolute Gasteiger partial charge is 0.383 e. The van der Waals surface area contributed by atoms with E-state index in [9.17, 15) is 0 Å². The van der Waals surface area contributed by atoms with E-state index in [0.717, 1.165) is 22.0 Å². The highest BCUT2D eigenvalue weighted by atomic mass is 32.1. The lowest BCUT2D eigenvalue weighted by molar-refractivity contribution is 1.22. The van der Waals surface area contributed by atoms with Crippen LogP contribution in [0.4, 0.5) is 5.82 Å². The number of hydrogen-bond acceptors (Lipinski definition) is 4. The summed E-state index contributed by atoms with van der Waals surface area (Å²) in [6.07, 6.45) is 0. The maximum atomic E-state index is 6.07. The minimum absolute atomic E-state index is 0.554. The fourth-order valence-corrected chi connectivity index (χ4v) is 2.92. The van der Waals surface area contributed by atoms with E-state index in [1.807, 2.05) is 25.1 Å². The Hall–Kier alpha value is -1.94. The van der Waals surface area contributed by atoms with Crippen LogP contribution in [0, 0.1) is 13.8 Å². The molecule has 0 spiro atoms. The number of anilines is 1. The molecule has 0 saturated carbocycles. The van der Waals surface area contributed by atoms with Crippen LogP contribution in [0.25, 0.3) is 22.3 Å². The molecule has 0 atom stereocenters. The molecule has 1 aromatic carbocycles. The van der Waals surface area contributed by atoms with E-state index in [-0.39, 0.29) is 0 Å². The van der Waals surface area contributed by atoms with Crippen LogP contribution in [0.5, 0.6) is 0 Å². The number of nitrogens with zero attached hydrogens (tertiary/aromatic N) is 2. The third-order valence-corrected chi connectivity index (χ3v) is 3.92. The van der Waals surface area contributed by atoms with Gasteiger partial charge in [-0.05, 0) is 36.4 Å². The summed E-state index contributed by atoms with van der Waals surface area (Å²) in [7, 11) is 0. The van der Waals surface area contributed by atoms with Gasteiger partial charge in [0.1, 0.15) is 5.82 Å². The predicted molar refractivity (Wildman–Crippen MR) is 76.7 cm³/mol.